The Bertz CT molecular complexity index is 614. The third-order valence-corrected chi connectivity index (χ3v) is 4.71. The molecule has 0 heterocycles. The van der Waals surface area contributed by atoms with Crippen LogP contribution < -0.4 is 15.8 Å². The molecule has 4 N–H and O–H groups in total. The van der Waals surface area contributed by atoms with Crippen molar-refractivity contribution in [3.8, 4) is 0 Å². The first-order chi connectivity index (χ1) is 9.68. The van der Waals surface area contributed by atoms with Crippen molar-refractivity contribution in [3.05, 3.63) is 24.3 Å². The van der Waals surface area contributed by atoms with Crippen LogP contribution in [0.25, 0.3) is 0 Å². The van der Waals surface area contributed by atoms with Crippen molar-refractivity contribution < 1.29 is 13.2 Å². The molecule has 0 atom stereocenters. The molecule has 1 amide bonds. The minimum Gasteiger partial charge on any atom is -0.325 e. The van der Waals surface area contributed by atoms with Gasteiger partial charge in [0, 0.05) is 12.2 Å². The summed E-state index contributed by atoms with van der Waals surface area (Å²) >= 11 is 0. The molecule has 116 valence electrons. The van der Waals surface area contributed by atoms with Crippen molar-refractivity contribution in [3.63, 3.8) is 0 Å². The fourth-order valence-electron chi connectivity index (χ4n) is 1.64. The van der Waals surface area contributed by atoms with Crippen LogP contribution in [0.2, 0.25) is 0 Å². The first-order valence-electron chi connectivity index (χ1n) is 6.88. The Hall–Kier alpha value is -1.44. The quantitative estimate of drug-likeness (QED) is 0.731. The van der Waals surface area contributed by atoms with E-state index in [0.717, 1.165) is 12.8 Å². The van der Waals surface area contributed by atoms with E-state index in [-0.39, 0.29) is 10.8 Å². The second-order valence-electron chi connectivity index (χ2n) is 6.00. The summed E-state index contributed by atoms with van der Waals surface area (Å²) in [6.45, 7) is 3.69. The van der Waals surface area contributed by atoms with Gasteiger partial charge in [0.25, 0.3) is 0 Å². The molecule has 1 aromatic carbocycles. The van der Waals surface area contributed by atoms with Gasteiger partial charge in [-0.3, -0.25) is 4.79 Å². The van der Waals surface area contributed by atoms with Crippen LogP contribution >= 0.6 is 0 Å². The maximum absolute atomic E-state index is 12.0. The highest BCUT2D eigenvalue weighted by Crippen LogP contribution is 2.28. The average Bonchev–Trinajstić information content (AvgIpc) is 3.20. The molecule has 0 spiro atoms. The average molecular weight is 311 g/mol. The number of anilines is 1. The van der Waals surface area contributed by atoms with Crippen molar-refractivity contribution in [2.24, 2.45) is 11.7 Å². The van der Waals surface area contributed by atoms with Crippen LogP contribution in [-0.4, -0.2) is 26.4 Å². The van der Waals surface area contributed by atoms with Gasteiger partial charge < -0.3 is 11.1 Å². The summed E-state index contributed by atoms with van der Waals surface area (Å²) in [6, 6.07) is 6.04. The molecule has 1 aromatic rings. The SMILES string of the molecule is CC(C)(N)C(=O)Nc1ccc(S(=O)(=O)NCC2CC2)cc1. The van der Waals surface area contributed by atoms with E-state index in [1.807, 2.05) is 0 Å². The monoisotopic (exact) mass is 311 g/mol. The highest BCUT2D eigenvalue weighted by atomic mass is 32.2. The van der Waals surface area contributed by atoms with E-state index in [1.54, 1.807) is 26.0 Å². The van der Waals surface area contributed by atoms with Crippen LogP contribution in [0.1, 0.15) is 26.7 Å². The number of nitrogens with one attached hydrogen (secondary N) is 2. The molecule has 0 saturated heterocycles. The lowest BCUT2D eigenvalue weighted by molar-refractivity contribution is -0.120. The van der Waals surface area contributed by atoms with Crippen LogP contribution in [0, 0.1) is 5.92 Å². The van der Waals surface area contributed by atoms with Gasteiger partial charge in [0.05, 0.1) is 10.4 Å². The summed E-state index contributed by atoms with van der Waals surface area (Å²) in [6.07, 6.45) is 2.17. The van der Waals surface area contributed by atoms with Gasteiger partial charge in [-0.25, -0.2) is 13.1 Å². The second kappa shape index (κ2) is 5.75. The predicted molar refractivity (Wildman–Crippen MR) is 81.3 cm³/mol. The Morgan fingerprint density at radius 1 is 1.29 bits per heavy atom. The molecule has 6 nitrogen and oxygen atoms in total. The zero-order valence-electron chi connectivity index (χ0n) is 12.2. The summed E-state index contributed by atoms with van der Waals surface area (Å²) in [7, 11) is -3.48. The van der Waals surface area contributed by atoms with E-state index in [4.69, 9.17) is 5.73 Å². The molecule has 0 bridgehead atoms. The number of nitrogens with two attached hydrogens (primary N) is 1. The Morgan fingerprint density at radius 2 is 1.86 bits per heavy atom. The lowest BCUT2D eigenvalue weighted by Gasteiger charge is -2.17. The molecule has 1 aliphatic rings. The summed E-state index contributed by atoms with van der Waals surface area (Å²) in [5.74, 6) is 0.148. The molecule has 21 heavy (non-hydrogen) atoms. The molecule has 0 aliphatic heterocycles. The molecule has 0 radical (unpaired) electrons. The normalized spacial score (nSPS) is 15.8. The summed E-state index contributed by atoms with van der Waals surface area (Å²) < 4.78 is 26.7. The fourth-order valence-corrected chi connectivity index (χ4v) is 2.76. The number of sulfonamides is 1. The number of amides is 1. The predicted octanol–water partition coefficient (Wildman–Crippen LogP) is 1.05. The van der Waals surface area contributed by atoms with Gasteiger partial charge in [0.2, 0.25) is 15.9 Å². The van der Waals surface area contributed by atoms with Crippen LogP contribution in [0.3, 0.4) is 0 Å². The third-order valence-electron chi connectivity index (χ3n) is 3.27. The molecule has 0 unspecified atom stereocenters. The molecule has 7 heteroatoms. The lowest BCUT2D eigenvalue weighted by atomic mass is 10.1. The van der Waals surface area contributed by atoms with Crippen LogP contribution in [0.4, 0.5) is 5.69 Å². The number of carbonyl (C=O) groups is 1. The van der Waals surface area contributed by atoms with Gasteiger partial charge in [-0.1, -0.05) is 0 Å². The molecule has 2 rings (SSSR count). The zero-order chi connectivity index (χ0) is 15.7. The number of carbonyl (C=O) groups excluding carboxylic acids is 1. The Balaban J connectivity index is 2.02. The minimum atomic E-state index is -3.48. The van der Waals surface area contributed by atoms with Gasteiger partial charge in [-0.2, -0.15) is 0 Å². The van der Waals surface area contributed by atoms with Crippen molar-refractivity contribution >= 4 is 21.6 Å². The fraction of sp³-hybridized carbons (Fsp3) is 0.500. The summed E-state index contributed by atoms with van der Waals surface area (Å²) in [5, 5.41) is 2.64. The van der Waals surface area contributed by atoms with E-state index in [1.165, 1.54) is 12.1 Å². The highest BCUT2D eigenvalue weighted by Gasteiger charge is 2.24. The number of hydrogen-bond acceptors (Lipinski definition) is 4. The first kappa shape index (κ1) is 15.9. The van der Waals surface area contributed by atoms with Gasteiger partial charge in [0.15, 0.2) is 0 Å². The van der Waals surface area contributed by atoms with Gasteiger partial charge in [-0.05, 0) is 56.9 Å². The zero-order valence-corrected chi connectivity index (χ0v) is 13.0. The van der Waals surface area contributed by atoms with Gasteiger partial charge in [-0.15, -0.1) is 0 Å². The lowest BCUT2D eigenvalue weighted by Crippen LogP contribution is -2.45. The smallest absolute Gasteiger partial charge is 0.243 e. The maximum atomic E-state index is 12.0. The number of benzene rings is 1. The summed E-state index contributed by atoms with van der Waals surface area (Å²) in [5.41, 5.74) is 5.21. The topological polar surface area (TPSA) is 101 Å². The van der Waals surface area contributed by atoms with Gasteiger partial charge >= 0.3 is 0 Å². The molecular weight excluding hydrogens is 290 g/mol. The first-order valence-corrected chi connectivity index (χ1v) is 8.37. The Morgan fingerprint density at radius 3 is 2.33 bits per heavy atom. The van der Waals surface area contributed by atoms with Crippen LogP contribution in [-0.2, 0) is 14.8 Å². The van der Waals surface area contributed by atoms with Gasteiger partial charge in [0.1, 0.15) is 0 Å². The Kier molecular flexibility index (Phi) is 4.36. The third kappa shape index (κ3) is 4.52. The second-order valence-corrected chi connectivity index (χ2v) is 7.76. The highest BCUT2D eigenvalue weighted by molar-refractivity contribution is 7.89. The van der Waals surface area contributed by atoms with Crippen molar-refractivity contribution in [2.45, 2.75) is 37.1 Å². The minimum absolute atomic E-state index is 0.188. The molecule has 1 aliphatic carbocycles. The number of rotatable bonds is 6. The van der Waals surface area contributed by atoms with E-state index in [2.05, 4.69) is 10.0 Å². The molecular formula is C14H21N3O3S. The van der Waals surface area contributed by atoms with Crippen molar-refractivity contribution in [2.75, 3.05) is 11.9 Å². The Labute approximate surface area is 125 Å². The molecule has 0 aromatic heterocycles. The molecule has 1 fully saturated rings. The van der Waals surface area contributed by atoms with Crippen LogP contribution in [0.15, 0.2) is 29.2 Å². The van der Waals surface area contributed by atoms with Crippen LogP contribution in [0.5, 0.6) is 0 Å². The number of hydrogen-bond donors (Lipinski definition) is 3. The largest absolute Gasteiger partial charge is 0.325 e. The van der Waals surface area contributed by atoms with E-state index >= 15 is 0 Å². The standard InChI is InChI=1S/C14H21N3O3S/c1-14(2,15)13(18)17-11-5-7-12(8-6-11)21(19,20)16-9-10-3-4-10/h5-8,10,16H,3-4,9,15H2,1-2H3,(H,17,18). The summed E-state index contributed by atoms with van der Waals surface area (Å²) in [4.78, 5) is 11.9. The van der Waals surface area contributed by atoms with E-state index in [0.29, 0.717) is 18.2 Å². The maximum Gasteiger partial charge on any atom is 0.243 e. The van der Waals surface area contributed by atoms with Crippen molar-refractivity contribution in [1.29, 1.82) is 0 Å². The van der Waals surface area contributed by atoms with E-state index in [9.17, 15) is 13.2 Å². The van der Waals surface area contributed by atoms with Crippen molar-refractivity contribution in [1.82, 2.24) is 4.72 Å². The van der Waals surface area contributed by atoms with E-state index < -0.39 is 15.6 Å². The molecule has 1 saturated carbocycles.